The standard InChI is InChI=1S/C14H9ClN2O2/c15-8-1-4-10(5-2-8)17-13(18)11-6-3-9(16)7-12(11)14(17)19/h1-7H,16H2. The van der Waals surface area contributed by atoms with Crippen LogP contribution in [0.5, 0.6) is 0 Å². The lowest BCUT2D eigenvalue weighted by Gasteiger charge is -2.13. The van der Waals surface area contributed by atoms with Gasteiger partial charge < -0.3 is 5.73 Å². The van der Waals surface area contributed by atoms with Crippen LogP contribution >= 0.6 is 11.6 Å². The zero-order valence-corrected chi connectivity index (χ0v) is 10.5. The molecule has 1 aliphatic rings. The molecule has 2 aromatic rings. The molecule has 3 rings (SSSR count). The first-order chi connectivity index (χ1) is 9.08. The van der Waals surface area contributed by atoms with Crippen molar-refractivity contribution in [2.45, 2.75) is 0 Å². The predicted octanol–water partition coefficient (Wildman–Crippen LogP) is 2.72. The van der Waals surface area contributed by atoms with Crippen molar-refractivity contribution in [2.24, 2.45) is 0 Å². The molecule has 0 aliphatic carbocycles. The van der Waals surface area contributed by atoms with Crippen LogP contribution in [0.1, 0.15) is 20.7 Å². The van der Waals surface area contributed by atoms with E-state index in [1.807, 2.05) is 0 Å². The minimum Gasteiger partial charge on any atom is -0.399 e. The van der Waals surface area contributed by atoms with Gasteiger partial charge in [-0.3, -0.25) is 9.59 Å². The molecular formula is C14H9ClN2O2. The highest BCUT2D eigenvalue weighted by molar-refractivity contribution is 6.35. The summed E-state index contributed by atoms with van der Waals surface area (Å²) in [5, 5.41) is 0.546. The molecule has 19 heavy (non-hydrogen) atoms. The van der Waals surface area contributed by atoms with Crippen LogP contribution in [0.25, 0.3) is 0 Å². The van der Waals surface area contributed by atoms with Crippen LogP contribution in [0.3, 0.4) is 0 Å². The van der Waals surface area contributed by atoms with E-state index in [4.69, 9.17) is 17.3 Å². The molecule has 5 heteroatoms. The molecule has 2 N–H and O–H groups in total. The summed E-state index contributed by atoms with van der Waals surface area (Å²) in [4.78, 5) is 25.6. The second kappa shape index (κ2) is 4.10. The van der Waals surface area contributed by atoms with Crippen LogP contribution in [0.2, 0.25) is 5.02 Å². The normalized spacial score (nSPS) is 13.8. The van der Waals surface area contributed by atoms with E-state index in [1.165, 1.54) is 6.07 Å². The summed E-state index contributed by atoms with van der Waals surface area (Å²) in [5.41, 5.74) is 7.30. The molecule has 1 heterocycles. The number of anilines is 2. The number of carbonyl (C=O) groups is 2. The average Bonchev–Trinajstić information content (AvgIpc) is 2.63. The molecule has 1 aliphatic heterocycles. The number of imide groups is 1. The zero-order chi connectivity index (χ0) is 13.6. The quantitative estimate of drug-likeness (QED) is 0.641. The van der Waals surface area contributed by atoms with Gasteiger partial charge in [-0.15, -0.1) is 0 Å². The van der Waals surface area contributed by atoms with E-state index in [0.717, 1.165) is 4.90 Å². The smallest absolute Gasteiger partial charge is 0.266 e. The molecule has 0 spiro atoms. The van der Waals surface area contributed by atoms with Gasteiger partial charge in [0, 0.05) is 10.7 Å². The number of halogens is 1. The van der Waals surface area contributed by atoms with Crippen LogP contribution in [0.4, 0.5) is 11.4 Å². The summed E-state index contributed by atoms with van der Waals surface area (Å²) >= 11 is 5.80. The van der Waals surface area contributed by atoms with Gasteiger partial charge in [-0.2, -0.15) is 0 Å². The van der Waals surface area contributed by atoms with E-state index in [0.29, 0.717) is 27.5 Å². The van der Waals surface area contributed by atoms with E-state index in [9.17, 15) is 9.59 Å². The van der Waals surface area contributed by atoms with E-state index in [-0.39, 0.29) is 11.8 Å². The lowest BCUT2D eigenvalue weighted by atomic mass is 10.1. The minimum absolute atomic E-state index is 0.333. The molecule has 0 saturated carbocycles. The molecule has 2 aromatic carbocycles. The first-order valence-corrected chi connectivity index (χ1v) is 5.99. The summed E-state index contributed by atoms with van der Waals surface area (Å²) in [5.74, 6) is -0.711. The van der Waals surface area contributed by atoms with Gasteiger partial charge >= 0.3 is 0 Å². The third-order valence-corrected chi connectivity index (χ3v) is 3.25. The molecule has 4 nitrogen and oxygen atoms in total. The molecule has 0 aromatic heterocycles. The fourth-order valence-electron chi connectivity index (χ4n) is 2.08. The monoisotopic (exact) mass is 272 g/mol. The third kappa shape index (κ3) is 1.77. The van der Waals surface area contributed by atoms with Crippen molar-refractivity contribution in [1.29, 1.82) is 0 Å². The number of amides is 2. The van der Waals surface area contributed by atoms with Crippen molar-refractivity contribution in [3.63, 3.8) is 0 Å². The van der Waals surface area contributed by atoms with Crippen molar-refractivity contribution >= 4 is 34.8 Å². The summed E-state index contributed by atoms with van der Waals surface area (Å²) < 4.78 is 0. The van der Waals surface area contributed by atoms with Gasteiger partial charge in [0.2, 0.25) is 0 Å². The van der Waals surface area contributed by atoms with Gasteiger partial charge in [0.15, 0.2) is 0 Å². The molecule has 0 fully saturated rings. The Hall–Kier alpha value is -2.33. The fourth-order valence-corrected chi connectivity index (χ4v) is 2.21. The van der Waals surface area contributed by atoms with Crippen molar-refractivity contribution in [1.82, 2.24) is 0 Å². The van der Waals surface area contributed by atoms with Crippen molar-refractivity contribution < 1.29 is 9.59 Å². The van der Waals surface area contributed by atoms with Crippen molar-refractivity contribution in [3.05, 3.63) is 58.6 Å². The lowest BCUT2D eigenvalue weighted by Crippen LogP contribution is -2.29. The second-order valence-corrected chi connectivity index (χ2v) is 4.66. The largest absolute Gasteiger partial charge is 0.399 e. The Morgan fingerprint density at radius 2 is 1.53 bits per heavy atom. The van der Waals surface area contributed by atoms with E-state index in [2.05, 4.69) is 0 Å². The Labute approximate surface area is 114 Å². The maximum absolute atomic E-state index is 12.3. The highest BCUT2D eigenvalue weighted by Gasteiger charge is 2.36. The summed E-state index contributed by atoms with van der Waals surface area (Å²) in [6, 6.07) is 11.2. The number of hydrogen-bond donors (Lipinski definition) is 1. The minimum atomic E-state index is -0.366. The Morgan fingerprint density at radius 1 is 0.895 bits per heavy atom. The van der Waals surface area contributed by atoms with Gasteiger partial charge in [-0.25, -0.2) is 4.90 Å². The maximum atomic E-state index is 12.3. The first-order valence-electron chi connectivity index (χ1n) is 5.62. The number of rotatable bonds is 1. The van der Waals surface area contributed by atoms with Crippen molar-refractivity contribution in [2.75, 3.05) is 10.6 Å². The van der Waals surface area contributed by atoms with E-state index >= 15 is 0 Å². The molecule has 0 saturated heterocycles. The number of carbonyl (C=O) groups excluding carboxylic acids is 2. The van der Waals surface area contributed by atoms with Crippen LogP contribution in [-0.4, -0.2) is 11.8 Å². The molecular weight excluding hydrogens is 264 g/mol. The maximum Gasteiger partial charge on any atom is 0.266 e. The van der Waals surface area contributed by atoms with Gasteiger partial charge in [-0.05, 0) is 42.5 Å². The van der Waals surface area contributed by atoms with Crippen LogP contribution in [0, 0.1) is 0 Å². The van der Waals surface area contributed by atoms with Crippen molar-refractivity contribution in [3.8, 4) is 0 Å². The molecule has 2 amide bonds. The topological polar surface area (TPSA) is 63.4 Å². The Morgan fingerprint density at radius 3 is 2.21 bits per heavy atom. The SMILES string of the molecule is Nc1ccc2c(c1)C(=O)N(c1ccc(Cl)cc1)C2=O. The number of benzene rings is 2. The van der Waals surface area contributed by atoms with Crippen LogP contribution < -0.4 is 10.6 Å². The van der Waals surface area contributed by atoms with E-state index < -0.39 is 0 Å². The van der Waals surface area contributed by atoms with Gasteiger partial charge in [0.25, 0.3) is 11.8 Å². The third-order valence-electron chi connectivity index (χ3n) is 3.00. The number of hydrogen-bond acceptors (Lipinski definition) is 3. The number of nitrogens with zero attached hydrogens (tertiary/aromatic N) is 1. The Kier molecular flexibility index (Phi) is 2.54. The number of fused-ring (bicyclic) bond motifs is 1. The van der Waals surface area contributed by atoms with Gasteiger partial charge in [0.1, 0.15) is 0 Å². The molecule has 0 unspecified atom stereocenters. The Balaban J connectivity index is 2.10. The predicted molar refractivity (Wildman–Crippen MR) is 73.4 cm³/mol. The average molecular weight is 273 g/mol. The Bertz CT molecular complexity index is 695. The fraction of sp³-hybridized carbons (Fsp3) is 0. The van der Waals surface area contributed by atoms with Gasteiger partial charge in [0.05, 0.1) is 16.8 Å². The van der Waals surface area contributed by atoms with Crippen LogP contribution in [-0.2, 0) is 0 Å². The molecule has 94 valence electrons. The number of nitrogen functional groups attached to an aromatic ring is 1. The van der Waals surface area contributed by atoms with E-state index in [1.54, 1.807) is 36.4 Å². The summed E-state index contributed by atoms with van der Waals surface area (Å²) in [6.45, 7) is 0. The summed E-state index contributed by atoms with van der Waals surface area (Å²) in [6.07, 6.45) is 0. The lowest BCUT2D eigenvalue weighted by molar-refractivity contribution is 0.0926. The highest BCUT2D eigenvalue weighted by atomic mass is 35.5. The highest BCUT2D eigenvalue weighted by Crippen LogP contribution is 2.30. The van der Waals surface area contributed by atoms with Gasteiger partial charge in [-0.1, -0.05) is 11.6 Å². The molecule has 0 radical (unpaired) electrons. The molecule has 0 bridgehead atoms. The second-order valence-electron chi connectivity index (χ2n) is 4.23. The first kappa shape index (κ1) is 11.7. The summed E-state index contributed by atoms with van der Waals surface area (Å²) in [7, 11) is 0. The van der Waals surface area contributed by atoms with Crippen LogP contribution in [0.15, 0.2) is 42.5 Å². The number of nitrogens with two attached hydrogens (primary N) is 1. The molecule has 0 atom stereocenters. The zero-order valence-electron chi connectivity index (χ0n) is 9.76.